The number of sulfonamides is 1. The molecule has 2 N–H and O–H groups in total. The quantitative estimate of drug-likeness (QED) is 0.612. The summed E-state index contributed by atoms with van der Waals surface area (Å²) >= 11 is 0. The highest BCUT2D eigenvalue weighted by Crippen LogP contribution is 2.12. The number of hydrogen-bond acceptors (Lipinski definition) is 3. The average molecular weight is 241 g/mol. The third-order valence-electron chi connectivity index (χ3n) is 1.87. The van der Waals surface area contributed by atoms with Gasteiger partial charge in [-0.25, -0.2) is 0 Å². The molecule has 1 aromatic carbocycles. The summed E-state index contributed by atoms with van der Waals surface area (Å²) in [4.78, 5) is 1.73. The normalized spacial score (nSPS) is 11.9. The van der Waals surface area contributed by atoms with Crippen molar-refractivity contribution in [2.45, 2.75) is 11.4 Å². The number of hydrogen-bond donors (Lipinski definition) is 1. The lowest BCUT2D eigenvalue weighted by Gasteiger charge is -2.03. The second-order valence-corrected chi connectivity index (χ2v) is 5.14. The van der Waals surface area contributed by atoms with E-state index in [-0.39, 0.29) is 4.90 Å². The highest BCUT2D eigenvalue weighted by Gasteiger charge is 2.10. The number of rotatable bonds is 4. The molecule has 1 aromatic rings. The smallest absolute Gasteiger partial charge is 0.283 e. The van der Waals surface area contributed by atoms with Gasteiger partial charge in [-0.2, -0.15) is 8.42 Å². The van der Waals surface area contributed by atoms with Crippen LogP contribution in [0, 0.1) is 0 Å². The van der Waals surface area contributed by atoms with E-state index in [0.717, 1.165) is 5.56 Å². The molecule has 0 amide bonds. The third kappa shape index (κ3) is 3.32. The number of nitrogens with two attached hydrogens (primary N) is 1. The summed E-state index contributed by atoms with van der Waals surface area (Å²) in [5.41, 5.74) is 6.31. The summed E-state index contributed by atoms with van der Waals surface area (Å²) in [6.45, 7) is 0.390. The molecular formula is C10H15N3O2S. The van der Waals surface area contributed by atoms with Gasteiger partial charge in [0.05, 0.1) is 4.90 Å². The van der Waals surface area contributed by atoms with Crippen LogP contribution in [0.4, 0.5) is 0 Å². The van der Waals surface area contributed by atoms with Crippen molar-refractivity contribution in [2.75, 3.05) is 14.1 Å². The van der Waals surface area contributed by atoms with Crippen LogP contribution in [-0.2, 0) is 16.6 Å². The highest BCUT2D eigenvalue weighted by molar-refractivity contribution is 7.90. The SMILES string of the molecule is CN(C)/C=N/S(=O)(=O)c1ccc(CN)cc1. The Bertz CT molecular complexity index is 463. The zero-order valence-electron chi connectivity index (χ0n) is 9.29. The van der Waals surface area contributed by atoms with Gasteiger partial charge in [0.25, 0.3) is 10.0 Å². The first-order valence-electron chi connectivity index (χ1n) is 4.71. The Balaban J connectivity index is 2.99. The van der Waals surface area contributed by atoms with Crippen LogP contribution in [0.5, 0.6) is 0 Å². The summed E-state index contributed by atoms with van der Waals surface area (Å²) in [5, 5.41) is 0. The molecule has 0 saturated heterocycles. The van der Waals surface area contributed by atoms with Gasteiger partial charge in [0.2, 0.25) is 0 Å². The molecule has 5 nitrogen and oxygen atoms in total. The minimum atomic E-state index is -3.59. The van der Waals surface area contributed by atoms with Gasteiger partial charge >= 0.3 is 0 Å². The maximum Gasteiger partial charge on any atom is 0.283 e. The molecule has 0 spiro atoms. The summed E-state index contributed by atoms with van der Waals surface area (Å²) in [7, 11) is -0.184. The first-order chi connectivity index (χ1) is 7.45. The zero-order valence-corrected chi connectivity index (χ0v) is 10.1. The van der Waals surface area contributed by atoms with Crippen LogP contribution in [0.1, 0.15) is 5.56 Å². The molecule has 0 aliphatic heterocycles. The molecule has 6 heteroatoms. The highest BCUT2D eigenvalue weighted by atomic mass is 32.2. The van der Waals surface area contributed by atoms with Crippen molar-refractivity contribution in [3.8, 4) is 0 Å². The average Bonchev–Trinajstić information content (AvgIpc) is 2.27. The van der Waals surface area contributed by atoms with Crippen LogP contribution >= 0.6 is 0 Å². The molecule has 0 saturated carbocycles. The van der Waals surface area contributed by atoms with E-state index in [0.29, 0.717) is 6.54 Å². The van der Waals surface area contributed by atoms with Crippen LogP contribution < -0.4 is 5.73 Å². The molecule has 0 atom stereocenters. The molecule has 0 aromatic heterocycles. The topological polar surface area (TPSA) is 75.8 Å². The lowest BCUT2D eigenvalue weighted by molar-refractivity contribution is 0.594. The Morgan fingerprint density at radius 3 is 2.31 bits per heavy atom. The first-order valence-corrected chi connectivity index (χ1v) is 6.15. The lowest BCUT2D eigenvalue weighted by Crippen LogP contribution is -2.10. The van der Waals surface area contributed by atoms with Crippen LogP contribution in [0.15, 0.2) is 33.6 Å². The van der Waals surface area contributed by atoms with Crippen LogP contribution in [-0.4, -0.2) is 33.8 Å². The molecule has 88 valence electrons. The van der Waals surface area contributed by atoms with Crippen molar-refractivity contribution in [1.29, 1.82) is 0 Å². The Morgan fingerprint density at radius 1 is 1.31 bits per heavy atom. The van der Waals surface area contributed by atoms with Gasteiger partial charge in [-0.05, 0) is 17.7 Å². The first kappa shape index (κ1) is 12.7. The second-order valence-electron chi connectivity index (χ2n) is 3.51. The summed E-state index contributed by atoms with van der Waals surface area (Å²) in [5.74, 6) is 0. The third-order valence-corrected chi connectivity index (χ3v) is 3.11. The molecule has 0 fully saturated rings. The van der Waals surface area contributed by atoms with Crippen LogP contribution in [0.25, 0.3) is 0 Å². The second kappa shape index (κ2) is 5.09. The van der Waals surface area contributed by atoms with Gasteiger partial charge in [-0.15, -0.1) is 4.40 Å². The minimum Gasteiger partial charge on any atom is -0.368 e. The van der Waals surface area contributed by atoms with Crippen molar-refractivity contribution in [3.05, 3.63) is 29.8 Å². The molecule has 0 heterocycles. The van der Waals surface area contributed by atoms with Gasteiger partial charge in [-0.1, -0.05) is 12.1 Å². The predicted molar refractivity (Wildman–Crippen MR) is 63.7 cm³/mol. The minimum absolute atomic E-state index is 0.169. The Kier molecular flexibility index (Phi) is 4.03. The van der Waals surface area contributed by atoms with E-state index < -0.39 is 10.0 Å². The van der Waals surface area contributed by atoms with E-state index in [2.05, 4.69) is 4.40 Å². The Morgan fingerprint density at radius 2 is 1.88 bits per heavy atom. The van der Waals surface area contributed by atoms with Gasteiger partial charge in [0.1, 0.15) is 6.34 Å². The Hall–Kier alpha value is -1.40. The number of nitrogens with zero attached hydrogens (tertiary/aromatic N) is 2. The van der Waals surface area contributed by atoms with Crippen molar-refractivity contribution in [1.82, 2.24) is 4.90 Å². The summed E-state index contributed by atoms with van der Waals surface area (Å²) in [6.07, 6.45) is 1.26. The molecule has 0 aliphatic carbocycles. The standard InChI is InChI=1S/C10H15N3O2S/c1-13(2)8-12-16(14,15)10-5-3-9(7-11)4-6-10/h3-6,8H,7,11H2,1-2H3/b12-8+. The van der Waals surface area contributed by atoms with Crippen molar-refractivity contribution in [2.24, 2.45) is 10.1 Å². The molecule has 1 rings (SSSR count). The maximum absolute atomic E-state index is 11.7. The molecule has 0 radical (unpaired) electrons. The predicted octanol–water partition coefficient (Wildman–Crippen LogP) is 0.424. The monoisotopic (exact) mass is 241 g/mol. The Labute approximate surface area is 95.6 Å². The van der Waals surface area contributed by atoms with Crippen molar-refractivity contribution < 1.29 is 8.42 Å². The molecule has 0 bridgehead atoms. The summed E-state index contributed by atoms with van der Waals surface area (Å²) < 4.78 is 26.9. The molecule has 0 unspecified atom stereocenters. The zero-order chi connectivity index (χ0) is 12.2. The van der Waals surface area contributed by atoms with E-state index in [1.807, 2.05) is 0 Å². The van der Waals surface area contributed by atoms with Gasteiger partial charge in [-0.3, -0.25) is 0 Å². The van der Waals surface area contributed by atoms with Crippen LogP contribution in [0.3, 0.4) is 0 Å². The van der Waals surface area contributed by atoms with Crippen molar-refractivity contribution >= 4 is 16.4 Å². The molecule has 0 aliphatic rings. The van der Waals surface area contributed by atoms with E-state index in [1.165, 1.54) is 18.5 Å². The fourth-order valence-corrected chi connectivity index (χ4v) is 1.93. The fourth-order valence-electron chi connectivity index (χ4n) is 1.01. The van der Waals surface area contributed by atoms with Crippen molar-refractivity contribution in [3.63, 3.8) is 0 Å². The van der Waals surface area contributed by atoms with E-state index >= 15 is 0 Å². The van der Waals surface area contributed by atoms with E-state index in [9.17, 15) is 8.42 Å². The number of benzene rings is 1. The van der Waals surface area contributed by atoms with Gasteiger partial charge in [0, 0.05) is 20.6 Å². The van der Waals surface area contributed by atoms with Gasteiger partial charge in [0.15, 0.2) is 0 Å². The molecular weight excluding hydrogens is 226 g/mol. The van der Waals surface area contributed by atoms with E-state index in [4.69, 9.17) is 5.73 Å². The van der Waals surface area contributed by atoms with E-state index in [1.54, 1.807) is 31.1 Å². The fraction of sp³-hybridized carbons (Fsp3) is 0.300. The lowest BCUT2D eigenvalue weighted by atomic mass is 10.2. The molecule has 16 heavy (non-hydrogen) atoms. The largest absolute Gasteiger partial charge is 0.368 e. The van der Waals surface area contributed by atoms with Gasteiger partial charge < -0.3 is 10.6 Å². The maximum atomic E-state index is 11.7. The van der Waals surface area contributed by atoms with Crippen LogP contribution in [0.2, 0.25) is 0 Å². The summed E-state index contributed by atoms with van der Waals surface area (Å²) in [6, 6.07) is 6.37.